The number of carboxylic acids is 1. The molecule has 0 unspecified atom stereocenters. The van der Waals surface area contributed by atoms with E-state index in [1.807, 2.05) is 0 Å². The van der Waals surface area contributed by atoms with E-state index >= 15 is 0 Å². The minimum Gasteiger partial charge on any atom is -0.478 e. The highest BCUT2D eigenvalue weighted by atomic mass is 16.8. The maximum Gasteiger partial charge on any atom is 0.333 e. The Morgan fingerprint density at radius 2 is 1.29 bits per heavy atom. The summed E-state index contributed by atoms with van der Waals surface area (Å²) in [5, 5.41) is 8.76. The molecule has 0 saturated carbocycles. The average Bonchev–Trinajstić information content (AvgIpc) is 2.72. The van der Waals surface area contributed by atoms with Crippen LogP contribution in [0.1, 0.15) is 73.1 Å². The molecular formula is C23H34O11. The third-order valence-electron chi connectivity index (χ3n) is 4.84. The standard InChI is InChI=1S/C23H34O11/c1-6-9-16(26)30-20-14(4)33-23(5,34-19(29)13-12-15(24)25)22(32-18(28)11-8-3)21(20)31-17(27)10-7-2/h12-14,20-22H,6-11H2,1-5H3,(H,24,25)/b13-12+/t14-,20-,21+,22+,23-/m0/s1. The van der Waals surface area contributed by atoms with Gasteiger partial charge in [-0.25, -0.2) is 9.59 Å². The van der Waals surface area contributed by atoms with Crippen molar-refractivity contribution in [3.05, 3.63) is 12.2 Å². The van der Waals surface area contributed by atoms with Crippen molar-refractivity contribution in [3.8, 4) is 0 Å². The second-order valence-electron chi connectivity index (χ2n) is 8.00. The van der Waals surface area contributed by atoms with Gasteiger partial charge in [-0.05, 0) is 26.2 Å². The Morgan fingerprint density at radius 3 is 1.76 bits per heavy atom. The quantitative estimate of drug-likeness (QED) is 0.246. The summed E-state index contributed by atoms with van der Waals surface area (Å²) in [4.78, 5) is 60.1. The van der Waals surface area contributed by atoms with Gasteiger partial charge in [-0.3, -0.25) is 14.4 Å². The summed E-state index contributed by atoms with van der Waals surface area (Å²) in [6, 6.07) is 0. The number of hydrogen-bond acceptors (Lipinski definition) is 10. The van der Waals surface area contributed by atoms with E-state index in [0.29, 0.717) is 31.4 Å². The van der Waals surface area contributed by atoms with E-state index < -0.39 is 60.0 Å². The van der Waals surface area contributed by atoms with Crippen LogP contribution in [0, 0.1) is 0 Å². The van der Waals surface area contributed by atoms with Gasteiger partial charge in [0.05, 0.1) is 0 Å². The molecule has 0 radical (unpaired) electrons. The van der Waals surface area contributed by atoms with Gasteiger partial charge in [-0.1, -0.05) is 20.8 Å². The van der Waals surface area contributed by atoms with Crippen molar-refractivity contribution in [1.82, 2.24) is 0 Å². The molecule has 34 heavy (non-hydrogen) atoms. The Labute approximate surface area is 198 Å². The number of carbonyl (C=O) groups excluding carboxylic acids is 4. The first-order valence-electron chi connectivity index (χ1n) is 11.4. The molecule has 1 aliphatic heterocycles. The van der Waals surface area contributed by atoms with Gasteiger partial charge >= 0.3 is 29.8 Å². The van der Waals surface area contributed by atoms with E-state index in [4.69, 9.17) is 28.8 Å². The molecule has 1 N–H and O–H groups in total. The van der Waals surface area contributed by atoms with E-state index in [1.165, 1.54) is 13.8 Å². The van der Waals surface area contributed by atoms with Gasteiger partial charge in [0.2, 0.25) is 6.10 Å². The third kappa shape index (κ3) is 8.77. The van der Waals surface area contributed by atoms with Crippen LogP contribution >= 0.6 is 0 Å². The predicted octanol–water partition coefficient (Wildman–Crippen LogP) is 2.44. The zero-order valence-corrected chi connectivity index (χ0v) is 20.2. The number of rotatable bonds is 12. The summed E-state index contributed by atoms with van der Waals surface area (Å²) >= 11 is 0. The van der Waals surface area contributed by atoms with Crippen molar-refractivity contribution in [2.75, 3.05) is 0 Å². The molecule has 0 aromatic carbocycles. The summed E-state index contributed by atoms with van der Waals surface area (Å²) < 4.78 is 27.8. The fraction of sp³-hybridized carbons (Fsp3) is 0.696. The van der Waals surface area contributed by atoms with Crippen molar-refractivity contribution in [3.63, 3.8) is 0 Å². The van der Waals surface area contributed by atoms with Crippen LogP contribution in [0.2, 0.25) is 0 Å². The van der Waals surface area contributed by atoms with Crippen LogP contribution in [0.3, 0.4) is 0 Å². The monoisotopic (exact) mass is 486 g/mol. The Kier molecular flexibility index (Phi) is 11.7. The summed E-state index contributed by atoms with van der Waals surface area (Å²) in [6.45, 7) is 8.13. The van der Waals surface area contributed by atoms with Crippen LogP contribution in [0.25, 0.3) is 0 Å². The molecule has 1 fully saturated rings. The molecule has 0 bridgehead atoms. The molecule has 0 aromatic heterocycles. The normalized spacial score (nSPS) is 26.5. The Bertz CT molecular complexity index is 775. The van der Waals surface area contributed by atoms with Gasteiger partial charge < -0.3 is 28.8 Å². The Balaban J connectivity index is 3.42. The van der Waals surface area contributed by atoms with E-state index in [-0.39, 0.29) is 19.3 Å². The zero-order valence-electron chi connectivity index (χ0n) is 20.2. The minimum absolute atomic E-state index is 0.0188. The van der Waals surface area contributed by atoms with E-state index in [2.05, 4.69) is 0 Å². The highest BCUT2D eigenvalue weighted by Crippen LogP contribution is 2.37. The molecule has 0 aliphatic carbocycles. The smallest absolute Gasteiger partial charge is 0.333 e. The lowest BCUT2D eigenvalue weighted by Crippen LogP contribution is -2.67. The summed E-state index contributed by atoms with van der Waals surface area (Å²) in [5.41, 5.74) is 0. The van der Waals surface area contributed by atoms with E-state index in [9.17, 15) is 24.0 Å². The van der Waals surface area contributed by atoms with Crippen LogP contribution in [-0.4, -0.2) is 65.2 Å². The van der Waals surface area contributed by atoms with Crippen molar-refractivity contribution in [1.29, 1.82) is 0 Å². The molecule has 0 aromatic rings. The van der Waals surface area contributed by atoms with Crippen LogP contribution in [-0.2, 0) is 47.7 Å². The van der Waals surface area contributed by atoms with Crippen molar-refractivity contribution < 1.29 is 52.8 Å². The molecule has 1 rings (SSSR count). The van der Waals surface area contributed by atoms with Crippen molar-refractivity contribution in [2.24, 2.45) is 0 Å². The molecular weight excluding hydrogens is 452 g/mol. The largest absolute Gasteiger partial charge is 0.478 e. The molecule has 0 spiro atoms. The van der Waals surface area contributed by atoms with E-state index in [1.54, 1.807) is 20.8 Å². The molecule has 192 valence electrons. The molecule has 11 nitrogen and oxygen atoms in total. The first kappa shape index (κ1) is 29.1. The number of ether oxygens (including phenoxy) is 5. The number of hydrogen-bond donors (Lipinski definition) is 1. The molecule has 1 aliphatic rings. The molecule has 11 heteroatoms. The summed E-state index contributed by atoms with van der Waals surface area (Å²) in [5.74, 6) is -6.32. The molecule has 1 heterocycles. The molecule has 0 amide bonds. The van der Waals surface area contributed by atoms with Gasteiger partial charge in [0.15, 0.2) is 12.2 Å². The van der Waals surface area contributed by atoms with Crippen LogP contribution in [0.15, 0.2) is 12.2 Å². The van der Waals surface area contributed by atoms with E-state index in [0.717, 1.165) is 0 Å². The van der Waals surface area contributed by atoms with Gasteiger partial charge in [-0.15, -0.1) is 0 Å². The first-order valence-corrected chi connectivity index (χ1v) is 11.4. The maximum atomic E-state index is 12.4. The summed E-state index contributed by atoms with van der Waals surface area (Å²) in [6.07, 6.45) is -2.08. The lowest BCUT2D eigenvalue weighted by molar-refractivity contribution is -0.340. The Hall–Kier alpha value is -2.95. The maximum absolute atomic E-state index is 12.4. The van der Waals surface area contributed by atoms with Crippen LogP contribution < -0.4 is 0 Å². The SMILES string of the molecule is CCCC(=O)O[C@@H]1[C@@H](OC(=O)CCC)[C@@H](OC(=O)CCC)[C@](C)(OC(=O)/C=C/C(=O)O)O[C@H]1C. The van der Waals surface area contributed by atoms with Gasteiger partial charge in [-0.2, -0.15) is 0 Å². The van der Waals surface area contributed by atoms with Gasteiger partial charge in [0, 0.05) is 38.3 Å². The van der Waals surface area contributed by atoms with Crippen LogP contribution in [0.4, 0.5) is 0 Å². The topological polar surface area (TPSA) is 152 Å². The highest BCUT2D eigenvalue weighted by molar-refractivity contribution is 5.90. The number of carbonyl (C=O) groups is 5. The predicted molar refractivity (Wildman–Crippen MR) is 116 cm³/mol. The second kappa shape index (κ2) is 13.7. The zero-order chi connectivity index (χ0) is 25.9. The van der Waals surface area contributed by atoms with Crippen LogP contribution in [0.5, 0.6) is 0 Å². The third-order valence-corrected chi connectivity index (χ3v) is 4.84. The first-order chi connectivity index (χ1) is 16.0. The lowest BCUT2D eigenvalue weighted by atomic mass is 9.92. The minimum atomic E-state index is -1.98. The molecule has 1 saturated heterocycles. The fourth-order valence-corrected chi connectivity index (χ4v) is 3.40. The molecule has 5 atom stereocenters. The Morgan fingerprint density at radius 1 is 0.824 bits per heavy atom. The summed E-state index contributed by atoms with van der Waals surface area (Å²) in [7, 11) is 0. The fourth-order valence-electron chi connectivity index (χ4n) is 3.40. The van der Waals surface area contributed by atoms with Crippen molar-refractivity contribution in [2.45, 2.75) is 103 Å². The second-order valence-corrected chi connectivity index (χ2v) is 8.00. The van der Waals surface area contributed by atoms with Gasteiger partial charge in [0.25, 0.3) is 5.79 Å². The van der Waals surface area contributed by atoms with Crippen molar-refractivity contribution >= 4 is 29.8 Å². The number of carboxylic acid groups (broad SMARTS) is 1. The lowest BCUT2D eigenvalue weighted by Gasteiger charge is -2.48. The number of aliphatic carboxylic acids is 1. The average molecular weight is 487 g/mol. The highest BCUT2D eigenvalue weighted by Gasteiger charge is 2.59. The van der Waals surface area contributed by atoms with Gasteiger partial charge in [0.1, 0.15) is 6.10 Å². The number of esters is 4.